The smallest absolute Gasteiger partial charge is 0.223 e. The predicted molar refractivity (Wildman–Crippen MR) is 80.7 cm³/mol. The Morgan fingerprint density at radius 2 is 2.17 bits per heavy atom. The molecule has 1 aromatic heterocycles. The lowest BCUT2D eigenvalue weighted by molar-refractivity contribution is -0.138. The molecule has 0 saturated carbocycles. The molecule has 2 saturated heterocycles. The van der Waals surface area contributed by atoms with Gasteiger partial charge in [-0.1, -0.05) is 5.21 Å². The van der Waals surface area contributed by atoms with Crippen molar-refractivity contribution in [3.63, 3.8) is 0 Å². The van der Waals surface area contributed by atoms with Gasteiger partial charge in [0, 0.05) is 39.1 Å². The van der Waals surface area contributed by atoms with Gasteiger partial charge in [-0.25, -0.2) is 4.68 Å². The van der Waals surface area contributed by atoms with E-state index in [-0.39, 0.29) is 18.1 Å². The van der Waals surface area contributed by atoms with E-state index in [1.54, 1.807) is 6.20 Å². The van der Waals surface area contributed by atoms with Crippen molar-refractivity contribution in [2.75, 3.05) is 45.9 Å². The number of morpholine rings is 1. The van der Waals surface area contributed by atoms with Crippen molar-refractivity contribution in [2.45, 2.75) is 31.6 Å². The van der Waals surface area contributed by atoms with Gasteiger partial charge < -0.3 is 14.4 Å². The average molecular weight is 321 g/mol. The first kappa shape index (κ1) is 15.0. The van der Waals surface area contributed by atoms with E-state index in [1.807, 2.05) is 9.58 Å². The Kier molecular flexibility index (Phi) is 4.28. The fourth-order valence-corrected chi connectivity index (χ4v) is 3.64. The maximum Gasteiger partial charge on any atom is 0.223 e. The van der Waals surface area contributed by atoms with Gasteiger partial charge in [-0.15, -0.1) is 5.10 Å². The molecule has 0 N–H and O–H groups in total. The van der Waals surface area contributed by atoms with Gasteiger partial charge in [-0.05, 0) is 6.42 Å². The summed E-state index contributed by atoms with van der Waals surface area (Å²) in [4.78, 5) is 16.8. The highest BCUT2D eigenvalue weighted by molar-refractivity contribution is 5.76. The van der Waals surface area contributed by atoms with E-state index in [0.717, 1.165) is 51.5 Å². The quantitative estimate of drug-likeness (QED) is 0.759. The number of likely N-dealkylation sites (tertiary alicyclic amines) is 1. The minimum Gasteiger partial charge on any atom is -0.379 e. The topological polar surface area (TPSA) is 72.7 Å². The van der Waals surface area contributed by atoms with Crippen LogP contribution in [-0.2, 0) is 20.9 Å². The molecule has 0 radical (unpaired) electrons. The van der Waals surface area contributed by atoms with E-state index in [2.05, 4.69) is 15.2 Å². The molecule has 1 aromatic rings. The highest BCUT2D eigenvalue weighted by atomic mass is 16.5. The molecule has 8 heteroatoms. The molecule has 1 amide bonds. The summed E-state index contributed by atoms with van der Waals surface area (Å²) in [6.07, 6.45) is 3.33. The van der Waals surface area contributed by atoms with Crippen LogP contribution in [0, 0.1) is 0 Å². The second-order valence-electron chi connectivity index (χ2n) is 6.42. The molecular formula is C15H23N5O3. The summed E-state index contributed by atoms with van der Waals surface area (Å²) < 4.78 is 13.2. The Labute approximate surface area is 135 Å². The Morgan fingerprint density at radius 1 is 1.30 bits per heavy atom. The molecule has 0 aliphatic carbocycles. The molecule has 4 rings (SSSR count). The number of carbonyl (C=O) groups is 1. The molecule has 0 spiro atoms. The molecule has 8 nitrogen and oxygen atoms in total. The van der Waals surface area contributed by atoms with Crippen LogP contribution in [0.2, 0.25) is 0 Å². The van der Waals surface area contributed by atoms with Gasteiger partial charge in [0.15, 0.2) is 0 Å². The normalized spacial score (nSPS) is 28.3. The van der Waals surface area contributed by atoms with Crippen molar-refractivity contribution < 1.29 is 14.3 Å². The van der Waals surface area contributed by atoms with Gasteiger partial charge in [-0.3, -0.25) is 9.69 Å². The lowest BCUT2D eigenvalue weighted by Gasteiger charge is -2.41. The van der Waals surface area contributed by atoms with Gasteiger partial charge in [-0.2, -0.15) is 0 Å². The fourth-order valence-electron chi connectivity index (χ4n) is 3.64. The number of rotatable bonds is 3. The Morgan fingerprint density at radius 3 is 3.04 bits per heavy atom. The van der Waals surface area contributed by atoms with E-state index in [4.69, 9.17) is 9.47 Å². The monoisotopic (exact) mass is 321 g/mol. The number of fused-ring (bicyclic) bond motifs is 3. The molecule has 4 heterocycles. The minimum atomic E-state index is 0.0994. The molecule has 0 bridgehead atoms. The van der Waals surface area contributed by atoms with Crippen LogP contribution < -0.4 is 0 Å². The summed E-state index contributed by atoms with van der Waals surface area (Å²) in [7, 11) is 0. The summed E-state index contributed by atoms with van der Waals surface area (Å²) in [6, 6.07) is 0.0994. The Bertz CT molecular complexity index is 557. The predicted octanol–water partition coefficient (Wildman–Crippen LogP) is -0.327. The van der Waals surface area contributed by atoms with Gasteiger partial charge in [0.25, 0.3) is 0 Å². The van der Waals surface area contributed by atoms with Crippen LogP contribution in [-0.4, -0.2) is 82.7 Å². The van der Waals surface area contributed by atoms with Gasteiger partial charge in [0.05, 0.1) is 43.9 Å². The Hall–Kier alpha value is -1.51. The third kappa shape index (κ3) is 3.11. The Balaban J connectivity index is 1.34. The summed E-state index contributed by atoms with van der Waals surface area (Å²) in [5, 5.41) is 8.15. The molecule has 0 unspecified atom stereocenters. The largest absolute Gasteiger partial charge is 0.379 e. The third-order valence-corrected chi connectivity index (χ3v) is 5.03. The minimum absolute atomic E-state index is 0.0994. The summed E-state index contributed by atoms with van der Waals surface area (Å²) in [5.41, 5.74) is 0.994. The highest BCUT2D eigenvalue weighted by Gasteiger charge is 2.37. The molecular weight excluding hydrogens is 298 g/mol. The molecule has 3 aliphatic rings. The van der Waals surface area contributed by atoms with Crippen molar-refractivity contribution >= 4 is 5.91 Å². The molecule has 23 heavy (non-hydrogen) atoms. The lowest BCUT2D eigenvalue weighted by atomic mass is 10.00. The molecule has 2 fully saturated rings. The number of amides is 1. The zero-order valence-electron chi connectivity index (χ0n) is 13.3. The lowest BCUT2D eigenvalue weighted by Crippen LogP contribution is -2.50. The number of nitrogens with zero attached hydrogens (tertiary/aromatic N) is 5. The highest BCUT2D eigenvalue weighted by Crippen LogP contribution is 2.30. The van der Waals surface area contributed by atoms with Gasteiger partial charge in [0.1, 0.15) is 0 Å². The van der Waals surface area contributed by atoms with Crippen LogP contribution >= 0.6 is 0 Å². The number of aromatic nitrogens is 3. The first-order valence-electron chi connectivity index (χ1n) is 8.40. The maximum absolute atomic E-state index is 12.5. The maximum atomic E-state index is 12.5. The SMILES string of the molecule is O=C(CCN1CCOCC1)N1CC[C@H]2OCc3cnnn3[C@H]2C1. The second-order valence-corrected chi connectivity index (χ2v) is 6.42. The zero-order chi connectivity index (χ0) is 15.6. The average Bonchev–Trinajstić information content (AvgIpc) is 3.09. The van der Waals surface area contributed by atoms with Crippen molar-refractivity contribution in [1.82, 2.24) is 24.8 Å². The first-order chi connectivity index (χ1) is 11.3. The van der Waals surface area contributed by atoms with Gasteiger partial charge in [0.2, 0.25) is 5.91 Å². The van der Waals surface area contributed by atoms with Crippen molar-refractivity contribution in [3.8, 4) is 0 Å². The third-order valence-electron chi connectivity index (χ3n) is 5.03. The number of piperidine rings is 1. The summed E-state index contributed by atoms with van der Waals surface area (Å²) in [6.45, 7) is 6.22. The van der Waals surface area contributed by atoms with Crippen molar-refractivity contribution in [2.24, 2.45) is 0 Å². The standard InChI is InChI=1S/C15H23N5O3/c21-15(2-3-18-5-7-22-8-6-18)19-4-1-14-13(10-19)20-12(11-23-14)9-16-17-20/h9,13-14H,1-8,10-11H2/t13-,14+/m0/s1. The van der Waals surface area contributed by atoms with Crippen LogP contribution in [0.5, 0.6) is 0 Å². The van der Waals surface area contributed by atoms with Gasteiger partial charge >= 0.3 is 0 Å². The number of hydrogen-bond donors (Lipinski definition) is 0. The molecule has 126 valence electrons. The van der Waals surface area contributed by atoms with Crippen LogP contribution in [0.3, 0.4) is 0 Å². The molecule has 0 aromatic carbocycles. The number of hydrogen-bond acceptors (Lipinski definition) is 6. The zero-order valence-corrected chi connectivity index (χ0v) is 13.3. The molecule has 2 atom stereocenters. The van der Waals surface area contributed by atoms with E-state index in [0.29, 0.717) is 19.6 Å². The van der Waals surface area contributed by atoms with E-state index in [1.165, 1.54) is 0 Å². The van der Waals surface area contributed by atoms with Crippen molar-refractivity contribution in [3.05, 3.63) is 11.9 Å². The van der Waals surface area contributed by atoms with Crippen molar-refractivity contribution in [1.29, 1.82) is 0 Å². The second kappa shape index (κ2) is 6.54. The van der Waals surface area contributed by atoms with E-state index in [9.17, 15) is 4.79 Å². The fraction of sp³-hybridized carbons (Fsp3) is 0.800. The van der Waals surface area contributed by atoms with E-state index >= 15 is 0 Å². The summed E-state index contributed by atoms with van der Waals surface area (Å²) in [5.74, 6) is 0.224. The van der Waals surface area contributed by atoms with Crippen LogP contribution in [0.4, 0.5) is 0 Å². The number of carbonyl (C=O) groups excluding carboxylic acids is 1. The summed E-state index contributed by atoms with van der Waals surface area (Å²) >= 11 is 0. The first-order valence-corrected chi connectivity index (χ1v) is 8.40. The van der Waals surface area contributed by atoms with Crippen LogP contribution in [0.1, 0.15) is 24.6 Å². The van der Waals surface area contributed by atoms with E-state index < -0.39 is 0 Å². The molecule has 3 aliphatic heterocycles. The van der Waals surface area contributed by atoms with Crippen LogP contribution in [0.15, 0.2) is 6.20 Å². The number of ether oxygens (including phenoxy) is 2. The van der Waals surface area contributed by atoms with Crippen LogP contribution in [0.25, 0.3) is 0 Å².